The van der Waals surface area contributed by atoms with E-state index in [0.717, 1.165) is 0 Å². The van der Waals surface area contributed by atoms with Crippen LogP contribution in [0.3, 0.4) is 0 Å². The number of alkyl halides is 1. The number of quaternary nitrogens is 1. The third-order valence-electron chi connectivity index (χ3n) is 2.33. The Labute approximate surface area is 134 Å². The summed E-state index contributed by atoms with van der Waals surface area (Å²) in [4.78, 5) is 12.3. The fraction of sp³-hybridized carbons (Fsp3) is 0.462. The number of nitrogens with zero attached hydrogens (tertiary/aromatic N) is 1. The molecule has 0 heterocycles. The highest BCUT2D eigenvalue weighted by Gasteiger charge is 2.26. The number of ether oxygens (including phenoxy) is 1. The lowest BCUT2D eigenvalue weighted by molar-refractivity contribution is -0.872. The van der Waals surface area contributed by atoms with Crippen LogP contribution in [-0.4, -0.2) is 49.6 Å². The number of halogens is 2. The molecule has 0 amide bonds. The Morgan fingerprint density at radius 3 is 2.28 bits per heavy atom. The molecule has 0 aromatic heterocycles. The van der Waals surface area contributed by atoms with E-state index in [9.17, 15) is 4.79 Å². The third kappa shape index (κ3) is 6.26. The van der Waals surface area contributed by atoms with Gasteiger partial charge in [0.25, 0.3) is 0 Å². The fourth-order valence-electron chi connectivity index (χ4n) is 1.57. The van der Waals surface area contributed by atoms with Gasteiger partial charge >= 0.3 is 0 Å². The maximum absolute atomic E-state index is 12.3. The largest absolute Gasteiger partial charge is 1.00 e. The van der Waals surface area contributed by atoms with Crippen molar-refractivity contribution in [2.24, 2.45) is 0 Å². The fourth-order valence-corrected chi connectivity index (χ4v) is 1.89. The Balaban J connectivity index is 0.00000289. The van der Waals surface area contributed by atoms with Gasteiger partial charge in [-0.15, -0.1) is 0 Å². The first-order valence-corrected chi connectivity index (χ1v) is 6.63. The zero-order valence-corrected chi connectivity index (χ0v) is 14.6. The van der Waals surface area contributed by atoms with Crippen molar-refractivity contribution in [1.82, 2.24) is 0 Å². The van der Waals surface area contributed by atoms with Crippen molar-refractivity contribution >= 4 is 21.7 Å². The lowest BCUT2D eigenvalue weighted by atomic mass is 10.1. The van der Waals surface area contributed by atoms with Crippen molar-refractivity contribution in [3.63, 3.8) is 0 Å². The van der Waals surface area contributed by atoms with Gasteiger partial charge in [0, 0.05) is 5.56 Å². The van der Waals surface area contributed by atoms with Crippen LogP contribution in [0.4, 0.5) is 0 Å². The van der Waals surface area contributed by atoms with Crippen molar-refractivity contribution in [1.29, 1.82) is 0 Å². The average molecular weight is 428 g/mol. The molecule has 0 spiro atoms. The molecule has 1 aromatic carbocycles. The number of ketones is 1. The van der Waals surface area contributed by atoms with Gasteiger partial charge in [-0.05, 0) is 0 Å². The van der Waals surface area contributed by atoms with E-state index >= 15 is 0 Å². The molecule has 1 rings (SSSR count). The van der Waals surface area contributed by atoms with Crippen LogP contribution in [-0.2, 0) is 4.74 Å². The maximum Gasteiger partial charge on any atom is 0.197 e. The number of hydrogen-bond acceptors (Lipinski definition) is 2. The molecule has 0 saturated carbocycles. The zero-order valence-electron chi connectivity index (χ0n) is 10.9. The summed E-state index contributed by atoms with van der Waals surface area (Å²) >= 11 is 3.22. The van der Waals surface area contributed by atoms with Crippen LogP contribution in [0.1, 0.15) is 10.4 Å². The molecule has 0 radical (unpaired) electrons. The number of likely N-dealkylation sites (N-methyl/N-ethyl adjacent to an activating group) is 1. The van der Waals surface area contributed by atoms with Gasteiger partial charge < -0.3 is 33.2 Å². The van der Waals surface area contributed by atoms with Gasteiger partial charge in [0.2, 0.25) is 0 Å². The topological polar surface area (TPSA) is 26.3 Å². The summed E-state index contributed by atoms with van der Waals surface area (Å²) in [7, 11) is 6.13. The molecular formula is C13H19BrINO2. The summed E-state index contributed by atoms with van der Waals surface area (Å²) in [6.07, 6.45) is -0.406. The predicted octanol–water partition coefficient (Wildman–Crippen LogP) is -0.683. The normalized spacial score (nSPS) is 12.7. The molecule has 1 unspecified atom stereocenters. The number of Topliss-reactive ketones (excluding diaryl/α,β-unsaturated/α-hetero) is 1. The molecule has 1 aromatic rings. The first kappa shape index (κ1) is 18.0. The second-order valence-electron chi connectivity index (χ2n) is 4.97. The molecule has 0 aliphatic heterocycles. The van der Waals surface area contributed by atoms with Crippen LogP contribution in [0.2, 0.25) is 0 Å². The summed E-state index contributed by atoms with van der Waals surface area (Å²) < 4.78 is 6.18. The standard InChI is InChI=1S/C13H19BrNO2.HI/c1-15(2,3)9-12(17-10-14)13(16)11-7-5-4-6-8-11;/h4-8,12H,9-10H2,1-3H3;1H/q+1;/p-1. The first-order valence-electron chi connectivity index (χ1n) is 5.51. The van der Waals surface area contributed by atoms with Crippen LogP contribution in [0.25, 0.3) is 0 Å². The van der Waals surface area contributed by atoms with Crippen molar-refractivity contribution in [2.45, 2.75) is 6.10 Å². The van der Waals surface area contributed by atoms with Gasteiger partial charge in [-0.2, -0.15) is 0 Å². The van der Waals surface area contributed by atoms with Crippen LogP contribution >= 0.6 is 15.9 Å². The zero-order chi connectivity index (χ0) is 12.9. The summed E-state index contributed by atoms with van der Waals surface area (Å²) in [5.41, 5.74) is 1.07. The van der Waals surface area contributed by atoms with Gasteiger partial charge in [0.05, 0.1) is 21.1 Å². The maximum atomic E-state index is 12.3. The van der Waals surface area contributed by atoms with Crippen molar-refractivity contribution in [3.8, 4) is 0 Å². The summed E-state index contributed by atoms with van der Waals surface area (Å²) in [6, 6.07) is 9.27. The molecule has 0 fully saturated rings. The molecule has 0 aliphatic rings. The predicted molar refractivity (Wildman–Crippen MR) is 72.3 cm³/mol. The molecule has 3 nitrogen and oxygen atoms in total. The Morgan fingerprint density at radius 2 is 1.83 bits per heavy atom. The SMILES string of the molecule is C[N+](C)(C)CC(OCBr)C(=O)c1ccccc1.[I-]. The highest BCUT2D eigenvalue weighted by molar-refractivity contribution is 9.09. The Morgan fingerprint density at radius 1 is 1.28 bits per heavy atom. The molecule has 0 saturated heterocycles. The minimum absolute atomic E-state index is 0. The minimum atomic E-state index is -0.406. The number of carbonyl (C=O) groups is 1. The van der Waals surface area contributed by atoms with Gasteiger partial charge in [0.15, 0.2) is 11.9 Å². The van der Waals surface area contributed by atoms with E-state index in [4.69, 9.17) is 4.74 Å². The second kappa shape index (κ2) is 8.24. The summed E-state index contributed by atoms with van der Waals surface area (Å²) in [5, 5.41) is 0. The third-order valence-corrected chi connectivity index (χ3v) is 2.59. The highest BCUT2D eigenvalue weighted by atomic mass is 127. The molecular weight excluding hydrogens is 409 g/mol. The van der Waals surface area contributed by atoms with Crippen molar-refractivity contribution in [3.05, 3.63) is 35.9 Å². The van der Waals surface area contributed by atoms with Crippen LogP contribution in [0.5, 0.6) is 0 Å². The molecule has 0 bridgehead atoms. The lowest BCUT2D eigenvalue weighted by Crippen LogP contribution is -3.00. The van der Waals surface area contributed by atoms with Gasteiger partial charge in [-0.25, -0.2) is 0 Å². The van der Waals surface area contributed by atoms with E-state index in [1.165, 1.54) is 0 Å². The van der Waals surface area contributed by atoms with E-state index in [0.29, 0.717) is 22.1 Å². The van der Waals surface area contributed by atoms with E-state index < -0.39 is 6.10 Å². The Kier molecular flexibility index (Phi) is 8.25. The monoisotopic (exact) mass is 427 g/mol. The number of benzene rings is 1. The number of rotatable bonds is 6. The molecule has 18 heavy (non-hydrogen) atoms. The molecule has 0 N–H and O–H groups in total. The van der Waals surface area contributed by atoms with E-state index in [1.54, 1.807) is 0 Å². The minimum Gasteiger partial charge on any atom is -1.00 e. The van der Waals surface area contributed by atoms with Crippen LogP contribution < -0.4 is 24.0 Å². The molecule has 0 aliphatic carbocycles. The van der Waals surface area contributed by atoms with Gasteiger partial charge in [0.1, 0.15) is 12.1 Å². The molecule has 102 valence electrons. The molecule has 1 atom stereocenters. The van der Waals surface area contributed by atoms with Crippen molar-refractivity contribution in [2.75, 3.05) is 33.2 Å². The summed E-state index contributed by atoms with van der Waals surface area (Å²) in [6.45, 7) is 0.652. The van der Waals surface area contributed by atoms with Gasteiger partial charge in [-0.3, -0.25) is 4.79 Å². The van der Waals surface area contributed by atoms with E-state index in [-0.39, 0.29) is 29.8 Å². The average Bonchev–Trinajstić information content (AvgIpc) is 2.27. The van der Waals surface area contributed by atoms with Crippen LogP contribution in [0.15, 0.2) is 30.3 Å². The quantitative estimate of drug-likeness (QED) is 0.260. The second-order valence-corrected chi connectivity index (χ2v) is 5.43. The Bertz CT molecular complexity index is 365. The smallest absolute Gasteiger partial charge is 0.197 e. The lowest BCUT2D eigenvalue weighted by Gasteiger charge is -2.28. The van der Waals surface area contributed by atoms with E-state index in [2.05, 4.69) is 15.9 Å². The van der Waals surface area contributed by atoms with Crippen molar-refractivity contribution < 1.29 is 38.0 Å². The Hall–Kier alpha value is 0.0200. The number of carbonyl (C=O) groups excluding carboxylic acids is 1. The molecule has 5 heteroatoms. The number of hydrogen-bond donors (Lipinski definition) is 0. The summed E-state index contributed by atoms with van der Waals surface area (Å²) in [5.74, 6) is 0.0399. The first-order chi connectivity index (χ1) is 7.94. The van der Waals surface area contributed by atoms with Crippen LogP contribution in [0, 0.1) is 0 Å². The highest BCUT2D eigenvalue weighted by Crippen LogP contribution is 2.10. The van der Waals surface area contributed by atoms with Gasteiger partial charge in [-0.1, -0.05) is 46.3 Å². The van der Waals surface area contributed by atoms with E-state index in [1.807, 2.05) is 51.5 Å².